The predicted molar refractivity (Wildman–Crippen MR) is 62.3 cm³/mol. The summed E-state index contributed by atoms with van der Waals surface area (Å²) >= 11 is 0. The molecule has 14 heavy (non-hydrogen) atoms. The number of hydrogen-bond acceptors (Lipinski definition) is 2. The number of hydrogen-bond donors (Lipinski definition) is 1. The van der Waals surface area contributed by atoms with Crippen LogP contribution < -0.4 is 5.73 Å². The van der Waals surface area contributed by atoms with Gasteiger partial charge in [-0.2, -0.15) is 0 Å². The summed E-state index contributed by atoms with van der Waals surface area (Å²) in [7, 11) is 0. The van der Waals surface area contributed by atoms with Crippen molar-refractivity contribution < 1.29 is 0 Å². The highest BCUT2D eigenvalue weighted by atomic mass is 15.2. The Morgan fingerprint density at radius 3 is 2.79 bits per heavy atom. The van der Waals surface area contributed by atoms with E-state index in [2.05, 4.69) is 18.7 Å². The fraction of sp³-hybridized carbons (Fsp3) is 1.00. The molecule has 2 unspecified atom stereocenters. The van der Waals surface area contributed by atoms with Crippen molar-refractivity contribution in [3.05, 3.63) is 0 Å². The molecule has 1 rings (SSSR count). The smallest absolute Gasteiger partial charge is 0.0105 e. The van der Waals surface area contributed by atoms with Crippen molar-refractivity contribution in [1.82, 2.24) is 4.90 Å². The van der Waals surface area contributed by atoms with Crippen LogP contribution in [0.4, 0.5) is 0 Å². The van der Waals surface area contributed by atoms with Crippen LogP contribution >= 0.6 is 0 Å². The van der Waals surface area contributed by atoms with Crippen molar-refractivity contribution in [2.24, 2.45) is 11.7 Å². The lowest BCUT2D eigenvalue weighted by Crippen LogP contribution is -2.34. The lowest BCUT2D eigenvalue weighted by molar-refractivity contribution is 0.217. The van der Waals surface area contributed by atoms with Crippen LogP contribution in [-0.4, -0.2) is 30.6 Å². The molecule has 0 bridgehead atoms. The van der Waals surface area contributed by atoms with Gasteiger partial charge in [0.2, 0.25) is 0 Å². The first-order valence-corrected chi connectivity index (χ1v) is 6.25. The molecule has 1 fully saturated rings. The number of nitrogens with two attached hydrogens (primary N) is 1. The van der Waals surface area contributed by atoms with Gasteiger partial charge >= 0.3 is 0 Å². The first-order valence-electron chi connectivity index (χ1n) is 6.25. The zero-order chi connectivity index (χ0) is 10.4. The van der Waals surface area contributed by atoms with Crippen molar-refractivity contribution in [1.29, 1.82) is 0 Å². The van der Waals surface area contributed by atoms with Crippen LogP contribution in [0.5, 0.6) is 0 Å². The van der Waals surface area contributed by atoms with Crippen LogP contribution in [0.25, 0.3) is 0 Å². The second kappa shape index (κ2) is 6.41. The van der Waals surface area contributed by atoms with Gasteiger partial charge in [-0.05, 0) is 44.7 Å². The van der Waals surface area contributed by atoms with E-state index in [0.717, 1.165) is 18.5 Å². The molecule has 0 amide bonds. The average Bonchev–Trinajstić information content (AvgIpc) is 2.63. The molecule has 0 radical (unpaired) electrons. The zero-order valence-electron chi connectivity index (χ0n) is 9.84. The molecule has 0 saturated carbocycles. The van der Waals surface area contributed by atoms with Crippen LogP contribution in [0.1, 0.15) is 46.0 Å². The summed E-state index contributed by atoms with van der Waals surface area (Å²) in [5, 5.41) is 0. The summed E-state index contributed by atoms with van der Waals surface area (Å²) in [6, 6.07) is 0.752. The van der Waals surface area contributed by atoms with E-state index >= 15 is 0 Å². The second-order valence-electron chi connectivity index (χ2n) is 4.58. The second-order valence-corrected chi connectivity index (χ2v) is 4.58. The van der Waals surface area contributed by atoms with Gasteiger partial charge in [-0.25, -0.2) is 0 Å². The Morgan fingerprint density at radius 1 is 1.43 bits per heavy atom. The Labute approximate surface area is 88.8 Å². The van der Waals surface area contributed by atoms with E-state index in [-0.39, 0.29) is 0 Å². The summed E-state index contributed by atoms with van der Waals surface area (Å²) in [4.78, 5) is 2.66. The van der Waals surface area contributed by atoms with E-state index in [4.69, 9.17) is 5.73 Å². The molecule has 1 aliphatic heterocycles. The number of likely N-dealkylation sites (tertiary alicyclic amines) is 1. The minimum absolute atomic E-state index is 0.752. The Kier molecular flexibility index (Phi) is 5.49. The van der Waals surface area contributed by atoms with Crippen LogP contribution in [-0.2, 0) is 0 Å². The summed E-state index contributed by atoms with van der Waals surface area (Å²) in [5.41, 5.74) is 5.64. The molecular weight excluding hydrogens is 172 g/mol. The standard InChI is InChI=1S/C12H26N2/c1-3-5-11-7-9-14(10-11)12(4-2)6-8-13/h11-12H,3-10,13H2,1-2H3. The van der Waals surface area contributed by atoms with E-state index in [9.17, 15) is 0 Å². The highest BCUT2D eigenvalue weighted by molar-refractivity contribution is 4.80. The summed E-state index contributed by atoms with van der Waals surface area (Å²) in [6.07, 6.45) is 6.60. The Hall–Kier alpha value is -0.0800. The maximum absolute atomic E-state index is 5.64. The van der Waals surface area contributed by atoms with Gasteiger partial charge in [0.15, 0.2) is 0 Å². The van der Waals surface area contributed by atoms with Crippen molar-refractivity contribution in [2.75, 3.05) is 19.6 Å². The first kappa shape index (κ1) is 12.0. The van der Waals surface area contributed by atoms with Crippen LogP contribution in [0.2, 0.25) is 0 Å². The third-order valence-corrected chi connectivity index (χ3v) is 3.50. The fourth-order valence-corrected chi connectivity index (χ4v) is 2.68. The molecular formula is C12H26N2. The summed E-state index contributed by atoms with van der Waals surface area (Å²) in [6.45, 7) is 8.05. The van der Waals surface area contributed by atoms with Gasteiger partial charge < -0.3 is 10.6 Å². The molecule has 2 nitrogen and oxygen atoms in total. The van der Waals surface area contributed by atoms with Crippen molar-refractivity contribution >= 4 is 0 Å². The highest BCUT2D eigenvalue weighted by Gasteiger charge is 2.25. The molecule has 1 heterocycles. The van der Waals surface area contributed by atoms with Crippen molar-refractivity contribution in [3.8, 4) is 0 Å². The van der Waals surface area contributed by atoms with Gasteiger partial charge in [0, 0.05) is 12.6 Å². The van der Waals surface area contributed by atoms with Crippen LogP contribution in [0, 0.1) is 5.92 Å². The Bertz CT molecular complexity index is 147. The Morgan fingerprint density at radius 2 is 2.21 bits per heavy atom. The molecule has 1 aliphatic rings. The first-order chi connectivity index (χ1) is 6.81. The van der Waals surface area contributed by atoms with E-state index in [1.807, 2.05) is 0 Å². The molecule has 0 aromatic rings. The normalized spacial score (nSPS) is 25.5. The van der Waals surface area contributed by atoms with Gasteiger partial charge in [-0.15, -0.1) is 0 Å². The number of rotatable bonds is 6. The van der Waals surface area contributed by atoms with Crippen molar-refractivity contribution in [3.63, 3.8) is 0 Å². The lowest BCUT2D eigenvalue weighted by atomic mass is 10.0. The van der Waals surface area contributed by atoms with Crippen LogP contribution in [0.15, 0.2) is 0 Å². The molecule has 0 spiro atoms. The molecule has 1 saturated heterocycles. The maximum atomic E-state index is 5.64. The third-order valence-electron chi connectivity index (χ3n) is 3.50. The minimum Gasteiger partial charge on any atom is -0.330 e. The van der Waals surface area contributed by atoms with E-state index in [1.54, 1.807) is 0 Å². The van der Waals surface area contributed by atoms with Gasteiger partial charge in [-0.3, -0.25) is 0 Å². The number of nitrogens with zero attached hydrogens (tertiary/aromatic N) is 1. The molecule has 2 N–H and O–H groups in total. The third kappa shape index (κ3) is 3.25. The molecule has 0 aromatic carbocycles. The largest absolute Gasteiger partial charge is 0.330 e. The molecule has 0 aliphatic carbocycles. The van der Waals surface area contributed by atoms with Crippen molar-refractivity contribution in [2.45, 2.75) is 52.0 Å². The van der Waals surface area contributed by atoms with Gasteiger partial charge in [0.25, 0.3) is 0 Å². The predicted octanol–water partition coefficient (Wildman–Crippen LogP) is 2.24. The molecule has 2 atom stereocenters. The molecule has 2 heteroatoms. The maximum Gasteiger partial charge on any atom is 0.0105 e. The SMILES string of the molecule is CCCC1CCN(C(CC)CCN)C1. The Balaban J connectivity index is 2.31. The fourth-order valence-electron chi connectivity index (χ4n) is 2.68. The van der Waals surface area contributed by atoms with E-state index in [1.165, 1.54) is 45.2 Å². The quantitative estimate of drug-likeness (QED) is 0.709. The van der Waals surface area contributed by atoms with Crippen LogP contribution in [0.3, 0.4) is 0 Å². The van der Waals surface area contributed by atoms with Gasteiger partial charge in [0.05, 0.1) is 0 Å². The van der Waals surface area contributed by atoms with E-state index < -0.39 is 0 Å². The van der Waals surface area contributed by atoms with Gasteiger partial charge in [0.1, 0.15) is 0 Å². The van der Waals surface area contributed by atoms with E-state index in [0.29, 0.717) is 0 Å². The summed E-state index contributed by atoms with van der Waals surface area (Å²) < 4.78 is 0. The minimum atomic E-state index is 0.752. The van der Waals surface area contributed by atoms with Gasteiger partial charge in [-0.1, -0.05) is 20.3 Å². The highest BCUT2D eigenvalue weighted by Crippen LogP contribution is 2.24. The summed E-state index contributed by atoms with van der Waals surface area (Å²) in [5.74, 6) is 0.965. The monoisotopic (exact) mass is 198 g/mol. The topological polar surface area (TPSA) is 29.3 Å². The zero-order valence-corrected chi connectivity index (χ0v) is 9.84. The molecule has 0 aromatic heterocycles. The lowest BCUT2D eigenvalue weighted by Gasteiger charge is -2.26. The molecule has 84 valence electrons. The average molecular weight is 198 g/mol.